The molecule has 4 nitrogen and oxygen atoms in total. The second kappa shape index (κ2) is 6.90. The molecule has 0 spiro atoms. The predicted molar refractivity (Wildman–Crippen MR) is 84.3 cm³/mol. The fourth-order valence-corrected chi connectivity index (χ4v) is 4.45. The molecule has 2 aliphatic heterocycles. The summed E-state index contributed by atoms with van der Waals surface area (Å²) >= 11 is 1.74. The number of aliphatic hydroxyl groups excluding tert-OH is 1. The number of piperidine rings is 1. The molecule has 1 amide bonds. The molecule has 0 bridgehead atoms. The Morgan fingerprint density at radius 2 is 2.19 bits per heavy atom. The van der Waals surface area contributed by atoms with Gasteiger partial charge in [-0.1, -0.05) is 12.5 Å². The average molecular weight is 308 g/mol. The van der Waals surface area contributed by atoms with Crippen LogP contribution in [0.2, 0.25) is 0 Å². The highest BCUT2D eigenvalue weighted by atomic mass is 32.1. The third kappa shape index (κ3) is 3.30. The molecule has 2 saturated heterocycles. The number of thiophene rings is 1. The highest BCUT2D eigenvalue weighted by Crippen LogP contribution is 2.34. The van der Waals surface area contributed by atoms with Gasteiger partial charge < -0.3 is 10.0 Å². The van der Waals surface area contributed by atoms with E-state index in [1.807, 2.05) is 0 Å². The summed E-state index contributed by atoms with van der Waals surface area (Å²) in [6.45, 7) is 2.45. The van der Waals surface area contributed by atoms with Crippen molar-refractivity contribution in [1.29, 1.82) is 0 Å². The maximum atomic E-state index is 12.7. The van der Waals surface area contributed by atoms with Gasteiger partial charge in [-0.3, -0.25) is 9.69 Å². The topological polar surface area (TPSA) is 43.8 Å². The van der Waals surface area contributed by atoms with Crippen LogP contribution in [-0.4, -0.2) is 53.1 Å². The first-order valence-corrected chi connectivity index (χ1v) is 8.85. The summed E-state index contributed by atoms with van der Waals surface area (Å²) < 4.78 is 0. The molecule has 5 heteroatoms. The highest BCUT2D eigenvalue weighted by molar-refractivity contribution is 7.10. The number of rotatable bonds is 4. The van der Waals surface area contributed by atoms with Crippen molar-refractivity contribution in [2.24, 2.45) is 0 Å². The Morgan fingerprint density at radius 3 is 2.95 bits per heavy atom. The quantitative estimate of drug-likeness (QED) is 0.928. The molecule has 2 unspecified atom stereocenters. The number of amides is 1. The summed E-state index contributed by atoms with van der Waals surface area (Å²) in [6, 6.07) is 4.64. The number of likely N-dealkylation sites (tertiary alicyclic amines) is 2. The molecule has 2 aliphatic rings. The van der Waals surface area contributed by atoms with Crippen LogP contribution < -0.4 is 0 Å². The molecule has 116 valence electrons. The predicted octanol–water partition coefficient (Wildman–Crippen LogP) is 2.26. The van der Waals surface area contributed by atoms with Gasteiger partial charge in [0.05, 0.1) is 19.2 Å². The minimum Gasteiger partial charge on any atom is -0.395 e. The minimum absolute atomic E-state index is 0.168. The Morgan fingerprint density at radius 1 is 1.29 bits per heavy atom. The van der Waals surface area contributed by atoms with Crippen molar-refractivity contribution >= 4 is 17.2 Å². The maximum Gasteiger partial charge on any atom is 0.237 e. The van der Waals surface area contributed by atoms with Crippen LogP contribution in [0.3, 0.4) is 0 Å². The standard InChI is InChI=1S/C16H24N2O2S/c19-12-13-5-1-2-8-17(13)11-16(20)18-9-3-6-14(18)15-7-4-10-21-15/h4,7,10,13-14,19H,1-3,5-6,8-9,11-12H2. The lowest BCUT2D eigenvalue weighted by Crippen LogP contribution is -2.47. The van der Waals surface area contributed by atoms with E-state index in [4.69, 9.17) is 0 Å². The first-order valence-electron chi connectivity index (χ1n) is 7.97. The first kappa shape index (κ1) is 15.0. The molecule has 3 rings (SSSR count). The van der Waals surface area contributed by atoms with Crippen LogP contribution in [0.1, 0.15) is 43.0 Å². The van der Waals surface area contributed by atoms with Crippen molar-refractivity contribution in [2.45, 2.75) is 44.2 Å². The summed E-state index contributed by atoms with van der Waals surface area (Å²) in [5, 5.41) is 11.6. The SMILES string of the molecule is O=C(CN1CCCCC1CO)N1CCCC1c1cccs1. The molecule has 0 aromatic carbocycles. The number of carbonyl (C=O) groups is 1. The fraction of sp³-hybridized carbons (Fsp3) is 0.688. The third-order valence-electron chi connectivity index (χ3n) is 4.74. The first-order chi connectivity index (χ1) is 10.3. The van der Waals surface area contributed by atoms with E-state index in [0.29, 0.717) is 6.54 Å². The number of hydrogen-bond acceptors (Lipinski definition) is 4. The van der Waals surface area contributed by atoms with Crippen molar-refractivity contribution in [2.75, 3.05) is 26.2 Å². The van der Waals surface area contributed by atoms with Crippen LogP contribution in [0.25, 0.3) is 0 Å². The monoisotopic (exact) mass is 308 g/mol. The van der Waals surface area contributed by atoms with Gasteiger partial charge in [-0.05, 0) is 43.7 Å². The Bertz CT molecular complexity index is 463. The molecule has 21 heavy (non-hydrogen) atoms. The summed E-state index contributed by atoms with van der Waals surface area (Å²) in [7, 11) is 0. The molecule has 3 heterocycles. The van der Waals surface area contributed by atoms with Gasteiger partial charge in [0.15, 0.2) is 0 Å². The van der Waals surface area contributed by atoms with Crippen molar-refractivity contribution in [1.82, 2.24) is 9.80 Å². The molecule has 2 fully saturated rings. The maximum absolute atomic E-state index is 12.7. The van der Waals surface area contributed by atoms with E-state index in [1.165, 1.54) is 4.88 Å². The van der Waals surface area contributed by atoms with Crippen LogP contribution in [0.4, 0.5) is 0 Å². The van der Waals surface area contributed by atoms with E-state index in [9.17, 15) is 9.90 Å². The third-order valence-corrected chi connectivity index (χ3v) is 5.72. The lowest BCUT2D eigenvalue weighted by molar-refractivity contribution is -0.134. The Kier molecular flexibility index (Phi) is 4.93. The second-order valence-corrected chi connectivity index (χ2v) is 7.04. The second-order valence-electron chi connectivity index (χ2n) is 6.06. The molecule has 1 aromatic heterocycles. The van der Waals surface area contributed by atoms with Crippen molar-refractivity contribution in [3.63, 3.8) is 0 Å². The fourth-order valence-electron chi connectivity index (χ4n) is 3.58. The number of carbonyl (C=O) groups excluding carboxylic acids is 1. The zero-order valence-corrected chi connectivity index (χ0v) is 13.2. The lowest BCUT2D eigenvalue weighted by Gasteiger charge is -2.35. The Balaban J connectivity index is 1.64. The van der Waals surface area contributed by atoms with E-state index < -0.39 is 0 Å². The smallest absolute Gasteiger partial charge is 0.237 e. The van der Waals surface area contributed by atoms with E-state index in [0.717, 1.165) is 45.2 Å². The molecule has 0 aliphatic carbocycles. The van der Waals surface area contributed by atoms with Gasteiger partial charge in [-0.15, -0.1) is 11.3 Å². The molecule has 0 saturated carbocycles. The van der Waals surface area contributed by atoms with E-state index in [-0.39, 0.29) is 24.6 Å². The number of aliphatic hydroxyl groups is 1. The molecule has 1 N–H and O–H groups in total. The molecular weight excluding hydrogens is 284 g/mol. The van der Waals surface area contributed by atoms with Gasteiger partial charge in [0.25, 0.3) is 0 Å². The van der Waals surface area contributed by atoms with Gasteiger partial charge >= 0.3 is 0 Å². The van der Waals surface area contributed by atoms with Gasteiger partial charge in [0.1, 0.15) is 0 Å². The minimum atomic E-state index is 0.168. The molecule has 1 aromatic rings. The summed E-state index contributed by atoms with van der Waals surface area (Å²) in [4.78, 5) is 18.2. The summed E-state index contributed by atoms with van der Waals surface area (Å²) in [5.41, 5.74) is 0. The van der Waals surface area contributed by atoms with Gasteiger partial charge in [0, 0.05) is 17.5 Å². The van der Waals surface area contributed by atoms with Crippen molar-refractivity contribution < 1.29 is 9.90 Å². The Hall–Kier alpha value is -0.910. The van der Waals surface area contributed by atoms with Crippen molar-refractivity contribution in [3.05, 3.63) is 22.4 Å². The largest absolute Gasteiger partial charge is 0.395 e. The highest BCUT2D eigenvalue weighted by Gasteiger charge is 2.32. The van der Waals surface area contributed by atoms with Gasteiger partial charge in [-0.2, -0.15) is 0 Å². The van der Waals surface area contributed by atoms with Crippen LogP contribution >= 0.6 is 11.3 Å². The summed E-state index contributed by atoms with van der Waals surface area (Å²) in [6.07, 6.45) is 5.49. The molecule has 0 radical (unpaired) electrons. The average Bonchev–Trinajstić information content (AvgIpc) is 3.18. The van der Waals surface area contributed by atoms with E-state index in [2.05, 4.69) is 27.3 Å². The van der Waals surface area contributed by atoms with Crippen LogP contribution in [0.15, 0.2) is 17.5 Å². The lowest BCUT2D eigenvalue weighted by atomic mass is 10.0. The zero-order valence-electron chi connectivity index (χ0n) is 12.4. The normalized spacial score (nSPS) is 27.2. The number of hydrogen-bond donors (Lipinski definition) is 1. The van der Waals surface area contributed by atoms with Crippen LogP contribution in [0.5, 0.6) is 0 Å². The Labute approximate surface area is 130 Å². The van der Waals surface area contributed by atoms with Crippen molar-refractivity contribution in [3.8, 4) is 0 Å². The zero-order chi connectivity index (χ0) is 14.7. The van der Waals surface area contributed by atoms with Gasteiger partial charge in [0.2, 0.25) is 5.91 Å². The molecular formula is C16H24N2O2S. The number of nitrogens with zero attached hydrogens (tertiary/aromatic N) is 2. The summed E-state index contributed by atoms with van der Waals surface area (Å²) in [5.74, 6) is 0.228. The molecule has 2 atom stereocenters. The van der Waals surface area contributed by atoms with E-state index >= 15 is 0 Å². The van der Waals surface area contributed by atoms with Crippen LogP contribution in [0, 0.1) is 0 Å². The van der Waals surface area contributed by atoms with Gasteiger partial charge in [-0.25, -0.2) is 0 Å². The van der Waals surface area contributed by atoms with E-state index in [1.54, 1.807) is 11.3 Å². The van der Waals surface area contributed by atoms with Crippen LogP contribution in [-0.2, 0) is 4.79 Å².